The van der Waals surface area contributed by atoms with Crippen molar-refractivity contribution < 1.29 is 18.0 Å². The third kappa shape index (κ3) is 4.01. The standard InChI is InChI=1S/C25H20F3N5O/c1-32-14-12-20(31-32)18-15-17(10-11-19(18)25(26,27)28)24(34)30-23-22(16-7-3-2-4-8-16)29-21-9-5-6-13-33(21)23/h2-15,20,31H,1H3,(H,30,34). The molecule has 3 heterocycles. The van der Waals surface area contributed by atoms with E-state index in [1.165, 1.54) is 12.1 Å². The molecule has 5 rings (SSSR count). The zero-order valence-electron chi connectivity index (χ0n) is 18.0. The lowest BCUT2D eigenvalue weighted by atomic mass is 9.97. The molecule has 0 spiro atoms. The zero-order chi connectivity index (χ0) is 23.9. The Labute approximate surface area is 193 Å². The van der Waals surface area contributed by atoms with Crippen LogP contribution in [0, 0.1) is 0 Å². The molecule has 2 aromatic heterocycles. The fraction of sp³-hybridized carbons (Fsp3) is 0.120. The molecule has 2 N–H and O–H groups in total. The molecule has 1 amide bonds. The predicted octanol–water partition coefficient (Wildman–Crippen LogP) is 5.28. The van der Waals surface area contributed by atoms with E-state index in [-0.39, 0.29) is 11.1 Å². The van der Waals surface area contributed by atoms with Gasteiger partial charge in [-0.25, -0.2) is 10.4 Å². The monoisotopic (exact) mass is 463 g/mol. The van der Waals surface area contributed by atoms with Crippen molar-refractivity contribution in [1.82, 2.24) is 19.8 Å². The summed E-state index contributed by atoms with van der Waals surface area (Å²) in [6.45, 7) is 0. The van der Waals surface area contributed by atoms with E-state index in [0.29, 0.717) is 17.2 Å². The fourth-order valence-corrected chi connectivity index (χ4v) is 4.01. The van der Waals surface area contributed by atoms with Crippen molar-refractivity contribution in [3.05, 3.63) is 102 Å². The topological polar surface area (TPSA) is 61.7 Å². The Hall–Kier alpha value is -4.11. The summed E-state index contributed by atoms with van der Waals surface area (Å²) in [5.74, 6) is -0.0972. The van der Waals surface area contributed by atoms with Crippen molar-refractivity contribution in [2.45, 2.75) is 12.2 Å². The van der Waals surface area contributed by atoms with Gasteiger partial charge in [0.15, 0.2) is 0 Å². The highest BCUT2D eigenvalue weighted by Gasteiger charge is 2.36. The predicted molar refractivity (Wildman–Crippen MR) is 123 cm³/mol. The van der Waals surface area contributed by atoms with Gasteiger partial charge in [-0.05, 0) is 42.0 Å². The summed E-state index contributed by atoms with van der Waals surface area (Å²) < 4.78 is 42.8. The second-order valence-corrected chi connectivity index (χ2v) is 7.92. The Kier molecular flexibility index (Phi) is 5.33. The second kappa shape index (κ2) is 8.35. The van der Waals surface area contributed by atoms with Crippen LogP contribution in [0.2, 0.25) is 0 Å². The van der Waals surface area contributed by atoms with Crippen LogP contribution < -0.4 is 10.7 Å². The first-order chi connectivity index (χ1) is 16.3. The Morgan fingerprint density at radius 1 is 1.06 bits per heavy atom. The van der Waals surface area contributed by atoms with Gasteiger partial charge in [0.25, 0.3) is 5.91 Å². The Morgan fingerprint density at radius 2 is 1.82 bits per heavy atom. The number of halogens is 3. The molecule has 4 aromatic rings. The SMILES string of the molecule is CN1C=CC(c2cc(C(=O)Nc3c(-c4ccccc4)nc4ccccn34)ccc2C(F)(F)F)N1. The molecule has 6 nitrogen and oxygen atoms in total. The molecule has 0 saturated heterocycles. The number of anilines is 1. The molecular weight excluding hydrogens is 443 g/mol. The summed E-state index contributed by atoms with van der Waals surface area (Å²) in [4.78, 5) is 17.9. The van der Waals surface area contributed by atoms with Crippen molar-refractivity contribution in [3.8, 4) is 11.3 Å². The molecular formula is C25H20F3N5O. The third-order valence-corrected chi connectivity index (χ3v) is 5.61. The molecule has 1 unspecified atom stereocenters. The molecule has 0 bridgehead atoms. The number of aromatic nitrogens is 2. The van der Waals surface area contributed by atoms with Crippen molar-refractivity contribution in [3.63, 3.8) is 0 Å². The number of rotatable bonds is 4. The molecule has 9 heteroatoms. The summed E-state index contributed by atoms with van der Waals surface area (Å²) in [6.07, 6.45) is 0.473. The molecule has 0 fully saturated rings. The van der Waals surface area contributed by atoms with Gasteiger partial charge in [0.1, 0.15) is 17.2 Å². The number of hydrogen-bond donors (Lipinski definition) is 2. The summed E-state index contributed by atoms with van der Waals surface area (Å²) in [5.41, 5.74) is 4.22. The number of carbonyl (C=O) groups excluding carboxylic acids is 1. The van der Waals surface area contributed by atoms with Crippen LogP contribution in [0.4, 0.5) is 19.0 Å². The molecule has 2 aromatic carbocycles. The number of benzene rings is 2. The molecule has 34 heavy (non-hydrogen) atoms. The van der Waals surface area contributed by atoms with Gasteiger partial charge in [-0.3, -0.25) is 9.20 Å². The van der Waals surface area contributed by atoms with E-state index in [1.807, 2.05) is 48.5 Å². The van der Waals surface area contributed by atoms with Crippen LogP contribution in [-0.4, -0.2) is 27.3 Å². The fourth-order valence-electron chi connectivity index (χ4n) is 4.01. The van der Waals surface area contributed by atoms with E-state index in [9.17, 15) is 18.0 Å². The number of hydrazine groups is 1. The number of nitrogens with zero attached hydrogens (tertiary/aromatic N) is 3. The average molecular weight is 463 g/mol. The minimum atomic E-state index is -4.55. The van der Waals surface area contributed by atoms with Crippen molar-refractivity contribution in [1.29, 1.82) is 0 Å². The summed E-state index contributed by atoms with van der Waals surface area (Å²) in [6, 6.07) is 17.5. The van der Waals surface area contributed by atoms with Gasteiger partial charge in [-0.15, -0.1) is 0 Å². The average Bonchev–Trinajstić information content (AvgIpc) is 3.42. The minimum absolute atomic E-state index is 0.0258. The third-order valence-electron chi connectivity index (χ3n) is 5.61. The number of nitrogens with one attached hydrogen (secondary N) is 2. The Balaban J connectivity index is 1.55. The van der Waals surface area contributed by atoms with E-state index >= 15 is 0 Å². The smallest absolute Gasteiger partial charge is 0.318 e. The maximum atomic E-state index is 13.7. The van der Waals surface area contributed by atoms with Crippen LogP contribution in [0.5, 0.6) is 0 Å². The first kappa shape index (κ1) is 21.7. The van der Waals surface area contributed by atoms with E-state index < -0.39 is 23.7 Å². The van der Waals surface area contributed by atoms with Crippen LogP contribution in [0.15, 0.2) is 85.2 Å². The lowest BCUT2D eigenvalue weighted by Gasteiger charge is -2.20. The minimum Gasteiger partial charge on any atom is -0.318 e. The maximum Gasteiger partial charge on any atom is 0.416 e. The molecule has 1 aliphatic heterocycles. The number of imidazole rings is 1. The summed E-state index contributed by atoms with van der Waals surface area (Å²) >= 11 is 0. The Bertz CT molecular complexity index is 1390. The van der Waals surface area contributed by atoms with E-state index in [0.717, 1.165) is 11.6 Å². The van der Waals surface area contributed by atoms with Gasteiger partial charge in [0, 0.05) is 30.6 Å². The number of carbonyl (C=O) groups is 1. The number of hydrogen-bond acceptors (Lipinski definition) is 4. The molecule has 172 valence electrons. The number of amides is 1. The second-order valence-electron chi connectivity index (χ2n) is 7.92. The molecule has 1 aliphatic rings. The largest absolute Gasteiger partial charge is 0.416 e. The highest BCUT2D eigenvalue weighted by molar-refractivity contribution is 6.06. The van der Waals surface area contributed by atoms with E-state index in [4.69, 9.17) is 0 Å². The van der Waals surface area contributed by atoms with E-state index in [2.05, 4.69) is 15.7 Å². The summed E-state index contributed by atoms with van der Waals surface area (Å²) in [5, 5.41) is 4.44. The molecule has 0 saturated carbocycles. The number of alkyl halides is 3. The van der Waals surface area contributed by atoms with E-state index in [1.54, 1.807) is 34.9 Å². The first-order valence-corrected chi connectivity index (χ1v) is 10.5. The lowest BCUT2D eigenvalue weighted by Crippen LogP contribution is -2.28. The normalized spacial score (nSPS) is 15.8. The lowest BCUT2D eigenvalue weighted by molar-refractivity contribution is -0.138. The first-order valence-electron chi connectivity index (χ1n) is 10.5. The van der Waals surface area contributed by atoms with Crippen molar-refractivity contribution in [2.24, 2.45) is 0 Å². The van der Waals surface area contributed by atoms with Crippen LogP contribution in [-0.2, 0) is 6.18 Å². The van der Waals surface area contributed by atoms with Gasteiger partial charge in [-0.2, -0.15) is 13.2 Å². The van der Waals surface area contributed by atoms with Gasteiger partial charge < -0.3 is 10.3 Å². The van der Waals surface area contributed by atoms with Crippen molar-refractivity contribution in [2.75, 3.05) is 12.4 Å². The van der Waals surface area contributed by atoms with Crippen LogP contribution in [0.25, 0.3) is 16.9 Å². The molecule has 0 radical (unpaired) electrons. The highest BCUT2D eigenvalue weighted by atomic mass is 19.4. The quantitative estimate of drug-likeness (QED) is 0.433. The number of pyridine rings is 1. The van der Waals surface area contributed by atoms with Gasteiger partial charge in [0.05, 0.1) is 11.6 Å². The van der Waals surface area contributed by atoms with Crippen LogP contribution >= 0.6 is 0 Å². The maximum absolute atomic E-state index is 13.7. The van der Waals surface area contributed by atoms with Gasteiger partial charge in [-0.1, -0.05) is 36.4 Å². The van der Waals surface area contributed by atoms with Gasteiger partial charge >= 0.3 is 6.18 Å². The Morgan fingerprint density at radius 3 is 2.53 bits per heavy atom. The molecule has 0 aliphatic carbocycles. The highest BCUT2D eigenvalue weighted by Crippen LogP contribution is 2.37. The van der Waals surface area contributed by atoms with Gasteiger partial charge in [0.2, 0.25) is 0 Å². The van der Waals surface area contributed by atoms with Crippen LogP contribution in [0.1, 0.15) is 27.5 Å². The van der Waals surface area contributed by atoms with Crippen LogP contribution in [0.3, 0.4) is 0 Å². The zero-order valence-corrected chi connectivity index (χ0v) is 18.0. The van der Waals surface area contributed by atoms with Crippen molar-refractivity contribution >= 4 is 17.4 Å². The summed E-state index contributed by atoms with van der Waals surface area (Å²) in [7, 11) is 1.69. The molecule has 1 atom stereocenters. The number of fused-ring (bicyclic) bond motifs is 1.